The third-order valence-corrected chi connectivity index (χ3v) is 4.80. The third kappa shape index (κ3) is 2.92. The van der Waals surface area contributed by atoms with Gasteiger partial charge in [-0.15, -0.1) is 11.3 Å². The molecule has 1 N–H and O–H groups in total. The minimum atomic E-state index is 0.0199. The van der Waals surface area contributed by atoms with Crippen molar-refractivity contribution in [3.63, 3.8) is 0 Å². The van der Waals surface area contributed by atoms with Gasteiger partial charge in [0, 0.05) is 24.2 Å². The smallest absolute Gasteiger partial charge is 0.113 e. The first-order valence-electron chi connectivity index (χ1n) is 6.79. The normalized spacial score (nSPS) is 28.8. The van der Waals surface area contributed by atoms with E-state index >= 15 is 0 Å². The molecule has 1 aliphatic carbocycles. The van der Waals surface area contributed by atoms with E-state index in [1.165, 1.54) is 17.8 Å². The average Bonchev–Trinajstić information content (AvgIpc) is 2.76. The van der Waals surface area contributed by atoms with Gasteiger partial charge in [-0.1, -0.05) is 0 Å². The Morgan fingerprint density at radius 3 is 2.89 bits per heavy atom. The fourth-order valence-electron chi connectivity index (χ4n) is 2.94. The maximum Gasteiger partial charge on any atom is 0.113 e. The molecule has 0 aromatic carbocycles. The summed E-state index contributed by atoms with van der Waals surface area (Å²) in [5, 5.41) is 7.14. The largest absolute Gasteiger partial charge is 0.381 e. The summed E-state index contributed by atoms with van der Waals surface area (Å²) in [5.41, 5.74) is 1.14. The van der Waals surface area contributed by atoms with Crippen LogP contribution in [0.25, 0.3) is 0 Å². The van der Waals surface area contributed by atoms with Gasteiger partial charge in [-0.25, -0.2) is 4.98 Å². The van der Waals surface area contributed by atoms with E-state index in [1.54, 1.807) is 11.3 Å². The van der Waals surface area contributed by atoms with Gasteiger partial charge in [0.2, 0.25) is 0 Å². The molecule has 1 aromatic heterocycles. The lowest BCUT2D eigenvalue weighted by molar-refractivity contribution is 0.0264. The van der Waals surface area contributed by atoms with E-state index in [1.807, 2.05) is 7.11 Å². The molecule has 2 atom stereocenters. The van der Waals surface area contributed by atoms with Crippen molar-refractivity contribution in [2.24, 2.45) is 0 Å². The molecule has 0 amide bonds. The fraction of sp³-hybridized carbons (Fsp3) is 0.786. The molecule has 2 rings (SSSR count). The van der Waals surface area contributed by atoms with Crippen LogP contribution in [0.3, 0.4) is 0 Å². The van der Waals surface area contributed by atoms with Gasteiger partial charge in [0.15, 0.2) is 0 Å². The fourth-order valence-corrected chi connectivity index (χ4v) is 3.94. The van der Waals surface area contributed by atoms with Crippen LogP contribution in [0, 0.1) is 6.92 Å². The lowest BCUT2D eigenvalue weighted by Gasteiger charge is -2.41. The Bertz CT molecular complexity index is 391. The van der Waals surface area contributed by atoms with Crippen molar-refractivity contribution in [3.8, 4) is 0 Å². The number of methoxy groups -OCH3 is 1. The van der Waals surface area contributed by atoms with Gasteiger partial charge in [-0.3, -0.25) is 0 Å². The molecular weight excluding hydrogens is 244 g/mol. The molecule has 102 valence electrons. The van der Waals surface area contributed by atoms with E-state index in [0.29, 0.717) is 12.1 Å². The molecule has 2 unspecified atom stereocenters. The molecule has 18 heavy (non-hydrogen) atoms. The summed E-state index contributed by atoms with van der Waals surface area (Å²) in [6.45, 7) is 6.48. The molecule has 0 bridgehead atoms. The van der Waals surface area contributed by atoms with Crippen LogP contribution in [0.4, 0.5) is 0 Å². The Balaban J connectivity index is 2.27. The highest BCUT2D eigenvalue weighted by atomic mass is 32.1. The minimum Gasteiger partial charge on any atom is -0.381 e. The van der Waals surface area contributed by atoms with Crippen molar-refractivity contribution in [1.82, 2.24) is 10.3 Å². The predicted molar refractivity (Wildman–Crippen MR) is 76.1 cm³/mol. The molecule has 1 saturated carbocycles. The number of rotatable bonds is 4. The topological polar surface area (TPSA) is 34.1 Å². The number of thiazole rings is 1. The molecule has 0 radical (unpaired) electrons. The standard InChI is InChI=1S/C14H24N2OS/c1-10(2)16-14(13-15-11(3)9-18-13)7-5-6-12(8-14)17-4/h9-10,12,16H,5-8H2,1-4H3. The van der Waals surface area contributed by atoms with Crippen LogP contribution in [-0.4, -0.2) is 24.2 Å². The first-order valence-corrected chi connectivity index (χ1v) is 7.67. The SMILES string of the molecule is COC1CCCC(NC(C)C)(c2nc(C)cs2)C1. The van der Waals surface area contributed by atoms with Crippen LogP contribution in [0.5, 0.6) is 0 Å². The quantitative estimate of drug-likeness (QED) is 0.910. The van der Waals surface area contributed by atoms with Crippen LogP contribution in [0.2, 0.25) is 0 Å². The number of nitrogens with zero attached hydrogens (tertiary/aromatic N) is 1. The Kier molecular flexibility index (Phi) is 4.41. The monoisotopic (exact) mass is 268 g/mol. The second kappa shape index (κ2) is 5.68. The zero-order valence-corrected chi connectivity index (χ0v) is 12.6. The number of hydrogen-bond donors (Lipinski definition) is 1. The van der Waals surface area contributed by atoms with Gasteiger partial charge in [0.05, 0.1) is 11.6 Å². The molecule has 1 heterocycles. The zero-order chi connectivity index (χ0) is 13.2. The molecule has 0 aliphatic heterocycles. The molecule has 1 fully saturated rings. The Morgan fingerprint density at radius 2 is 2.33 bits per heavy atom. The lowest BCUT2D eigenvalue weighted by atomic mass is 9.80. The average molecular weight is 268 g/mol. The second-order valence-electron chi connectivity index (χ2n) is 5.63. The highest BCUT2D eigenvalue weighted by Crippen LogP contribution is 2.39. The van der Waals surface area contributed by atoms with Crippen molar-refractivity contribution in [1.29, 1.82) is 0 Å². The van der Waals surface area contributed by atoms with Gasteiger partial charge in [0.25, 0.3) is 0 Å². The van der Waals surface area contributed by atoms with Crippen molar-refractivity contribution >= 4 is 11.3 Å². The predicted octanol–water partition coefficient (Wildman–Crippen LogP) is 3.23. The van der Waals surface area contributed by atoms with Gasteiger partial charge in [0.1, 0.15) is 5.01 Å². The highest BCUT2D eigenvalue weighted by molar-refractivity contribution is 7.09. The molecule has 4 heteroatoms. The summed E-state index contributed by atoms with van der Waals surface area (Å²) >= 11 is 1.78. The summed E-state index contributed by atoms with van der Waals surface area (Å²) < 4.78 is 5.59. The van der Waals surface area contributed by atoms with Gasteiger partial charge >= 0.3 is 0 Å². The molecule has 3 nitrogen and oxygen atoms in total. The van der Waals surface area contributed by atoms with Gasteiger partial charge < -0.3 is 10.1 Å². The van der Waals surface area contributed by atoms with Crippen molar-refractivity contribution in [3.05, 3.63) is 16.1 Å². The van der Waals surface area contributed by atoms with Crippen LogP contribution in [0.1, 0.15) is 50.2 Å². The van der Waals surface area contributed by atoms with E-state index in [2.05, 4.69) is 31.5 Å². The van der Waals surface area contributed by atoms with Crippen LogP contribution >= 0.6 is 11.3 Å². The summed E-state index contributed by atoms with van der Waals surface area (Å²) in [4.78, 5) is 4.73. The Labute approximate surface area is 114 Å². The Morgan fingerprint density at radius 1 is 1.56 bits per heavy atom. The zero-order valence-electron chi connectivity index (χ0n) is 11.8. The van der Waals surface area contributed by atoms with Crippen LogP contribution < -0.4 is 5.32 Å². The molecule has 0 spiro atoms. The molecular formula is C14H24N2OS. The van der Waals surface area contributed by atoms with Crippen molar-refractivity contribution in [2.45, 2.75) is 64.1 Å². The van der Waals surface area contributed by atoms with E-state index < -0.39 is 0 Å². The number of hydrogen-bond acceptors (Lipinski definition) is 4. The Hall–Kier alpha value is -0.450. The molecule has 0 saturated heterocycles. The number of aryl methyl sites for hydroxylation is 1. The maximum absolute atomic E-state index is 5.59. The van der Waals surface area contributed by atoms with Crippen molar-refractivity contribution < 1.29 is 4.74 Å². The van der Waals surface area contributed by atoms with Crippen molar-refractivity contribution in [2.75, 3.05) is 7.11 Å². The van der Waals surface area contributed by atoms with Gasteiger partial charge in [-0.05, 0) is 46.5 Å². The molecule has 1 aliphatic rings. The summed E-state index contributed by atoms with van der Waals surface area (Å²) in [6, 6.07) is 0.463. The second-order valence-corrected chi connectivity index (χ2v) is 6.49. The van der Waals surface area contributed by atoms with Gasteiger partial charge in [-0.2, -0.15) is 0 Å². The minimum absolute atomic E-state index is 0.0199. The number of nitrogens with one attached hydrogen (secondary N) is 1. The molecule has 1 aromatic rings. The van der Waals surface area contributed by atoms with E-state index in [0.717, 1.165) is 18.5 Å². The van der Waals surface area contributed by atoms with E-state index in [4.69, 9.17) is 9.72 Å². The van der Waals surface area contributed by atoms with E-state index in [-0.39, 0.29) is 5.54 Å². The first-order chi connectivity index (χ1) is 8.55. The maximum atomic E-state index is 5.59. The highest BCUT2D eigenvalue weighted by Gasteiger charge is 2.40. The summed E-state index contributed by atoms with van der Waals surface area (Å²) in [6.07, 6.45) is 4.93. The van der Waals surface area contributed by atoms with Crippen LogP contribution in [0.15, 0.2) is 5.38 Å². The summed E-state index contributed by atoms with van der Waals surface area (Å²) in [7, 11) is 1.82. The summed E-state index contributed by atoms with van der Waals surface area (Å²) in [5.74, 6) is 0. The first kappa shape index (κ1) is 14.0. The number of aromatic nitrogens is 1. The lowest BCUT2D eigenvalue weighted by Crippen LogP contribution is -2.50. The number of ether oxygens (including phenoxy) is 1. The van der Waals surface area contributed by atoms with E-state index in [9.17, 15) is 0 Å². The van der Waals surface area contributed by atoms with Crippen LogP contribution in [-0.2, 0) is 10.3 Å². The third-order valence-electron chi connectivity index (χ3n) is 3.63.